The van der Waals surface area contributed by atoms with Gasteiger partial charge in [-0.1, -0.05) is 13.8 Å². The molecule has 2 atom stereocenters. The molecule has 0 aromatic rings. The smallest absolute Gasteiger partial charge is 0.176 e. The second-order valence-corrected chi connectivity index (χ2v) is 3.88. The standard InChI is InChI=1S/C9H16N2/c1-7(2)3-8-4-9(8)5-11-6-10/h7-9,11H,3-5H2,1-2H3. The van der Waals surface area contributed by atoms with Gasteiger partial charge in [0.2, 0.25) is 0 Å². The zero-order chi connectivity index (χ0) is 8.27. The summed E-state index contributed by atoms with van der Waals surface area (Å²) in [6, 6.07) is 0. The topological polar surface area (TPSA) is 35.8 Å². The zero-order valence-electron chi connectivity index (χ0n) is 7.30. The third kappa shape index (κ3) is 2.80. The van der Waals surface area contributed by atoms with Gasteiger partial charge >= 0.3 is 0 Å². The maximum atomic E-state index is 8.25. The highest BCUT2D eigenvalue weighted by molar-refractivity contribution is 4.89. The summed E-state index contributed by atoms with van der Waals surface area (Å²) in [5, 5.41) is 11.0. The Kier molecular flexibility index (Phi) is 2.76. The monoisotopic (exact) mass is 152 g/mol. The van der Waals surface area contributed by atoms with Gasteiger partial charge in [0.25, 0.3) is 0 Å². The Morgan fingerprint density at radius 2 is 2.27 bits per heavy atom. The highest BCUT2D eigenvalue weighted by atomic mass is 14.9. The molecule has 0 aromatic carbocycles. The molecule has 0 radical (unpaired) electrons. The van der Waals surface area contributed by atoms with Crippen LogP contribution in [0.15, 0.2) is 0 Å². The number of nitrogens with one attached hydrogen (secondary N) is 1. The fourth-order valence-corrected chi connectivity index (χ4v) is 1.63. The van der Waals surface area contributed by atoms with Crippen molar-refractivity contribution >= 4 is 0 Å². The van der Waals surface area contributed by atoms with Crippen LogP contribution in [-0.2, 0) is 0 Å². The van der Waals surface area contributed by atoms with E-state index in [9.17, 15) is 0 Å². The summed E-state index contributed by atoms with van der Waals surface area (Å²) >= 11 is 0. The van der Waals surface area contributed by atoms with E-state index in [0.717, 1.165) is 24.3 Å². The lowest BCUT2D eigenvalue weighted by atomic mass is 10.1. The van der Waals surface area contributed by atoms with Gasteiger partial charge in [0.15, 0.2) is 6.19 Å². The van der Waals surface area contributed by atoms with Gasteiger partial charge in [-0.2, -0.15) is 5.26 Å². The zero-order valence-corrected chi connectivity index (χ0v) is 7.30. The molecule has 0 spiro atoms. The molecule has 0 aromatic heterocycles. The van der Waals surface area contributed by atoms with E-state index in [2.05, 4.69) is 19.2 Å². The Morgan fingerprint density at radius 1 is 1.55 bits per heavy atom. The van der Waals surface area contributed by atoms with Gasteiger partial charge in [-0.15, -0.1) is 0 Å². The number of hydrogen-bond donors (Lipinski definition) is 1. The lowest BCUT2D eigenvalue weighted by molar-refractivity contribution is 0.509. The van der Waals surface area contributed by atoms with Gasteiger partial charge in [0.05, 0.1) is 0 Å². The average molecular weight is 152 g/mol. The molecule has 1 aliphatic carbocycles. The van der Waals surface area contributed by atoms with Crippen LogP contribution in [0.3, 0.4) is 0 Å². The van der Waals surface area contributed by atoms with Crippen LogP contribution in [-0.4, -0.2) is 6.54 Å². The highest BCUT2D eigenvalue weighted by Gasteiger charge is 2.36. The third-order valence-corrected chi connectivity index (χ3v) is 2.29. The summed E-state index contributed by atoms with van der Waals surface area (Å²) in [7, 11) is 0. The minimum atomic E-state index is 0.789. The number of hydrogen-bond acceptors (Lipinski definition) is 2. The molecule has 1 N–H and O–H groups in total. The van der Waals surface area contributed by atoms with E-state index in [1.54, 1.807) is 0 Å². The normalized spacial score (nSPS) is 28.2. The van der Waals surface area contributed by atoms with E-state index in [-0.39, 0.29) is 0 Å². The molecule has 1 aliphatic rings. The van der Waals surface area contributed by atoms with E-state index < -0.39 is 0 Å². The molecule has 0 aliphatic heterocycles. The summed E-state index contributed by atoms with van der Waals surface area (Å²) in [5.74, 6) is 2.50. The SMILES string of the molecule is CC(C)CC1CC1CNC#N. The van der Waals surface area contributed by atoms with Crippen LogP contribution in [0.25, 0.3) is 0 Å². The van der Waals surface area contributed by atoms with Crippen LogP contribution in [0.4, 0.5) is 0 Å². The number of rotatable bonds is 4. The van der Waals surface area contributed by atoms with Crippen molar-refractivity contribution in [1.82, 2.24) is 5.32 Å². The molecule has 1 rings (SSSR count). The summed E-state index contributed by atoms with van der Waals surface area (Å²) < 4.78 is 0. The predicted molar refractivity (Wildman–Crippen MR) is 44.7 cm³/mol. The lowest BCUT2D eigenvalue weighted by Crippen LogP contribution is -2.10. The highest BCUT2D eigenvalue weighted by Crippen LogP contribution is 2.42. The molecule has 11 heavy (non-hydrogen) atoms. The molecular formula is C9H16N2. The van der Waals surface area contributed by atoms with Gasteiger partial charge < -0.3 is 5.32 Å². The summed E-state index contributed by atoms with van der Waals surface area (Å²) in [4.78, 5) is 0. The summed E-state index contributed by atoms with van der Waals surface area (Å²) in [5.41, 5.74) is 0. The van der Waals surface area contributed by atoms with Crippen molar-refractivity contribution in [1.29, 1.82) is 5.26 Å². The van der Waals surface area contributed by atoms with Gasteiger partial charge in [-0.05, 0) is 30.6 Å². The van der Waals surface area contributed by atoms with Crippen LogP contribution < -0.4 is 5.32 Å². The van der Waals surface area contributed by atoms with Gasteiger partial charge in [0.1, 0.15) is 0 Å². The molecule has 1 saturated carbocycles. The molecule has 0 heterocycles. The van der Waals surface area contributed by atoms with E-state index in [1.807, 2.05) is 6.19 Å². The van der Waals surface area contributed by atoms with E-state index in [1.165, 1.54) is 12.8 Å². The van der Waals surface area contributed by atoms with Crippen molar-refractivity contribution in [2.24, 2.45) is 17.8 Å². The average Bonchev–Trinajstić information content (AvgIpc) is 2.62. The number of nitriles is 1. The molecule has 2 unspecified atom stereocenters. The molecule has 1 fully saturated rings. The Labute approximate surface area is 68.6 Å². The quantitative estimate of drug-likeness (QED) is 0.492. The number of nitrogens with zero attached hydrogens (tertiary/aromatic N) is 1. The summed E-state index contributed by atoms with van der Waals surface area (Å²) in [6.07, 6.45) is 4.62. The van der Waals surface area contributed by atoms with Crippen LogP contribution in [0, 0.1) is 29.2 Å². The predicted octanol–water partition coefficient (Wildman–Crippen LogP) is 1.74. The minimum absolute atomic E-state index is 0.789. The fraction of sp³-hybridized carbons (Fsp3) is 0.889. The Morgan fingerprint density at radius 3 is 2.82 bits per heavy atom. The maximum absolute atomic E-state index is 8.25. The van der Waals surface area contributed by atoms with Crippen molar-refractivity contribution < 1.29 is 0 Å². The van der Waals surface area contributed by atoms with Crippen molar-refractivity contribution in [3.63, 3.8) is 0 Å². The first-order valence-corrected chi connectivity index (χ1v) is 4.36. The fourth-order valence-electron chi connectivity index (χ4n) is 1.63. The van der Waals surface area contributed by atoms with Crippen LogP contribution in [0.5, 0.6) is 0 Å². The minimum Gasteiger partial charge on any atom is -0.324 e. The Hall–Kier alpha value is -0.710. The van der Waals surface area contributed by atoms with Gasteiger partial charge in [0, 0.05) is 6.54 Å². The van der Waals surface area contributed by atoms with Crippen LogP contribution >= 0.6 is 0 Å². The van der Waals surface area contributed by atoms with Crippen LogP contribution in [0.2, 0.25) is 0 Å². The second-order valence-electron chi connectivity index (χ2n) is 3.88. The maximum Gasteiger partial charge on any atom is 0.176 e. The second kappa shape index (κ2) is 3.61. The Bertz CT molecular complexity index is 157. The van der Waals surface area contributed by atoms with Gasteiger partial charge in [-0.25, -0.2) is 0 Å². The van der Waals surface area contributed by atoms with E-state index in [4.69, 9.17) is 5.26 Å². The first-order valence-electron chi connectivity index (χ1n) is 4.36. The Balaban J connectivity index is 2.03. The van der Waals surface area contributed by atoms with Crippen molar-refractivity contribution in [3.05, 3.63) is 0 Å². The molecule has 0 saturated heterocycles. The first-order chi connectivity index (χ1) is 5.24. The van der Waals surface area contributed by atoms with Crippen LogP contribution in [0.1, 0.15) is 26.7 Å². The van der Waals surface area contributed by atoms with E-state index >= 15 is 0 Å². The van der Waals surface area contributed by atoms with Crippen molar-refractivity contribution in [2.75, 3.05) is 6.54 Å². The molecule has 62 valence electrons. The molecule has 2 nitrogen and oxygen atoms in total. The largest absolute Gasteiger partial charge is 0.324 e. The molecule has 2 heteroatoms. The third-order valence-electron chi connectivity index (χ3n) is 2.29. The first kappa shape index (κ1) is 8.39. The summed E-state index contributed by atoms with van der Waals surface area (Å²) in [6.45, 7) is 5.41. The van der Waals surface area contributed by atoms with Crippen molar-refractivity contribution in [2.45, 2.75) is 26.7 Å². The molecular weight excluding hydrogens is 136 g/mol. The van der Waals surface area contributed by atoms with Gasteiger partial charge in [-0.3, -0.25) is 0 Å². The van der Waals surface area contributed by atoms with E-state index in [0.29, 0.717) is 0 Å². The van der Waals surface area contributed by atoms with Crippen molar-refractivity contribution in [3.8, 4) is 6.19 Å². The molecule has 0 bridgehead atoms. The molecule has 0 amide bonds. The lowest BCUT2D eigenvalue weighted by Gasteiger charge is -2.01.